The van der Waals surface area contributed by atoms with Gasteiger partial charge in [-0.25, -0.2) is 14.4 Å². The van der Waals surface area contributed by atoms with Crippen molar-refractivity contribution in [3.05, 3.63) is 72.3 Å². The molecule has 1 heterocycles. The van der Waals surface area contributed by atoms with Crippen LogP contribution in [0.1, 0.15) is 17.4 Å². The summed E-state index contributed by atoms with van der Waals surface area (Å²) in [6.45, 7) is 2.47. The minimum Gasteiger partial charge on any atom is -0.494 e. The van der Waals surface area contributed by atoms with Gasteiger partial charge < -0.3 is 15.4 Å². The van der Waals surface area contributed by atoms with E-state index in [1.807, 2.05) is 6.92 Å². The number of halogens is 1. The van der Waals surface area contributed by atoms with Gasteiger partial charge in [-0.2, -0.15) is 0 Å². The monoisotopic (exact) mass is 352 g/mol. The molecule has 7 heteroatoms. The van der Waals surface area contributed by atoms with Crippen LogP contribution < -0.4 is 15.4 Å². The van der Waals surface area contributed by atoms with Gasteiger partial charge in [0.25, 0.3) is 5.91 Å². The summed E-state index contributed by atoms with van der Waals surface area (Å²) in [5, 5.41) is 5.50. The van der Waals surface area contributed by atoms with Gasteiger partial charge in [0.05, 0.1) is 12.3 Å². The van der Waals surface area contributed by atoms with E-state index >= 15 is 0 Å². The number of hydrogen-bond donors (Lipinski definition) is 2. The molecule has 0 atom stereocenters. The maximum atomic E-state index is 13.7. The third kappa shape index (κ3) is 4.32. The normalized spacial score (nSPS) is 10.2. The van der Waals surface area contributed by atoms with E-state index in [2.05, 4.69) is 20.6 Å². The van der Waals surface area contributed by atoms with Crippen LogP contribution in [0.5, 0.6) is 5.75 Å². The third-order valence-electron chi connectivity index (χ3n) is 3.43. The second kappa shape index (κ2) is 8.06. The van der Waals surface area contributed by atoms with Crippen LogP contribution in [0, 0.1) is 5.82 Å². The Bertz CT molecular complexity index is 900. The molecule has 3 aromatic rings. The Labute approximate surface area is 150 Å². The standard InChI is InChI=1S/C19H17FN4O2/c1-2-26-14-9-7-13(8-10-14)22-18(25)17-11-12-21-19(24-17)23-16-6-4-3-5-15(16)20/h3-12H,2H2,1H3,(H,22,25)(H,21,23,24). The van der Waals surface area contributed by atoms with Crippen molar-refractivity contribution in [3.8, 4) is 5.75 Å². The summed E-state index contributed by atoms with van der Waals surface area (Å²) in [6.07, 6.45) is 1.43. The van der Waals surface area contributed by atoms with Crippen LogP contribution in [-0.4, -0.2) is 22.5 Å². The second-order valence-electron chi connectivity index (χ2n) is 5.28. The molecule has 0 saturated heterocycles. The average molecular weight is 352 g/mol. The highest BCUT2D eigenvalue weighted by Crippen LogP contribution is 2.18. The number of aromatic nitrogens is 2. The number of rotatable bonds is 6. The zero-order valence-corrected chi connectivity index (χ0v) is 14.1. The lowest BCUT2D eigenvalue weighted by Crippen LogP contribution is -2.14. The first-order valence-corrected chi connectivity index (χ1v) is 8.04. The maximum absolute atomic E-state index is 13.7. The molecular formula is C19H17FN4O2. The lowest BCUT2D eigenvalue weighted by atomic mass is 10.3. The van der Waals surface area contributed by atoms with Gasteiger partial charge in [0.2, 0.25) is 5.95 Å². The molecule has 132 valence electrons. The SMILES string of the molecule is CCOc1ccc(NC(=O)c2ccnc(Nc3ccccc3F)n2)cc1. The van der Waals surface area contributed by atoms with Crippen molar-refractivity contribution in [2.24, 2.45) is 0 Å². The predicted octanol–water partition coefficient (Wildman–Crippen LogP) is 4.01. The average Bonchev–Trinajstić information content (AvgIpc) is 2.66. The van der Waals surface area contributed by atoms with E-state index in [9.17, 15) is 9.18 Å². The molecule has 2 N–H and O–H groups in total. The van der Waals surface area contributed by atoms with Crippen molar-refractivity contribution < 1.29 is 13.9 Å². The van der Waals surface area contributed by atoms with Crippen molar-refractivity contribution in [1.29, 1.82) is 0 Å². The molecule has 3 rings (SSSR count). The fourth-order valence-electron chi connectivity index (χ4n) is 2.22. The zero-order chi connectivity index (χ0) is 18.4. The van der Waals surface area contributed by atoms with Crippen LogP contribution in [-0.2, 0) is 0 Å². The number of carbonyl (C=O) groups is 1. The molecule has 2 aromatic carbocycles. The van der Waals surface area contributed by atoms with Gasteiger partial charge in [0.1, 0.15) is 17.3 Å². The molecule has 0 radical (unpaired) electrons. The molecule has 0 unspecified atom stereocenters. The number of hydrogen-bond acceptors (Lipinski definition) is 5. The van der Waals surface area contributed by atoms with E-state index in [1.54, 1.807) is 42.5 Å². The number of carbonyl (C=O) groups excluding carboxylic acids is 1. The molecule has 0 bridgehead atoms. The van der Waals surface area contributed by atoms with Crippen LogP contribution >= 0.6 is 0 Å². The Balaban J connectivity index is 1.71. The Kier molecular flexibility index (Phi) is 5.38. The highest BCUT2D eigenvalue weighted by Gasteiger charge is 2.10. The fraction of sp³-hybridized carbons (Fsp3) is 0.105. The molecule has 1 aromatic heterocycles. The first-order chi connectivity index (χ1) is 12.7. The lowest BCUT2D eigenvalue weighted by molar-refractivity contribution is 0.102. The first kappa shape index (κ1) is 17.3. The van der Waals surface area contributed by atoms with Gasteiger partial charge in [-0.05, 0) is 49.4 Å². The summed E-state index contributed by atoms with van der Waals surface area (Å²) in [5.74, 6) is 0.0341. The molecule has 0 aliphatic heterocycles. The van der Waals surface area contributed by atoms with Crippen molar-refractivity contribution in [2.75, 3.05) is 17.2 Å². The number of para-hydroxylation sites is 1. The smallest absolute Gasteiger partial charge is 0.274 e. The van der Waals surface area contributed by atoms with Crippen LogP contribution in [0.15, 0.2) is 60.8 Å². The number of nitrogens with one attached hydrogen (secondary N) is 2. The Hall–Kier alpha value is -3.48. The van der Waals surface area contributed by atoms with Crippen LogP contribution in [0.3, 0.4) is 0 Å². The molecule has 6 nitrogen and oxygen atoms in total. The molecule has 0 aliphatic carbocycles. The molecule has 0 fully saturated rings. The third-order valence-corrected chi connectivity index (χ3v) is 3.43. The largest absolute Gasteiger partial charge is 0.494 e. The van der Waals surface area contributed by atoms with E-state index < -0.39 is 11.7 Å². The van der Waals surface area contributed by atoms with E-state index in [4.69, 9.17) is 4.74 Å². The van der Waals surface area contributed by atoms with Crippen LogP contribution in [0.2, 0.25) is 0 Å². The Morgan fingerprint density at radius 3 is 2.62 bits per heavy atom. The second-order valence-corrected chi connectivity index (χ2v) is 5.28. The quantitative estimate of drug-likeness (QED) is 0.701. The number of ether oxygens (including phenoxy) is 1. The van der Waals surface area contributed by atoms with E-state index in [-0.39, 0.29) is 17.3 Å². The first-order valence-electron chi connectivity index (χ1n) is 8.04. The van der Waals surface area contributed by atoms with Crippen LogP contribution in [0.25, 0.3) is 0 Å². The van der Waals surface area contributed by atoms with Crippen molar-refractivity contribution >= 4 is 23.2 Å². The summed E-state index contributed by atoms with van der Waals surface area (Å²) in [4.78, 5) is 20.5. The summed E-state index contributed by atoms with van der Waals surface area (Å²) in [6, 6.07) is 14.7. The maximum Gasteiger partial charge on any atom is 0.274 e. The number of amides is 1. The summed E-state index contributed by atoms with van der Waals surface area (Å²) >= 11 is 0. The highest BCUT2D eigenvalue weighted by atomic mass is 19.1. The van der Waals surface area contributed by atoms with Gasteiger partial charge in [-0.15, -0.1) is 0 Å². The summed E-state index contributed by atoms with van der Waals surface area (Å²) in [7, 11) is 0. The summed E-state index contributed by atoms with van der Waals surface area (Å²) in [5.41, 5.74) is 1.00. The van der Waals surface area contributed by atoms with Crippen molar-refractivity contribution in [3.63, 3.8) is 0 Å². The van der Waals surface area contributed by atoms with Crippen LogP contribution in [0.4, 0.5) is 21.7 Å². The van der Waals surface area contributed by atoms with Gasteiger partial charge >= 0.3 is 0 Å². The molecular weight excluding hydrogens is 335 g/mol. The van der Waals surface area contributed by atoms with Gasteiger partial charge in [-0.3, -0.25) is 4.79 Å². The molecule has 0 aliphatic rings. The molecule has 0 saturated carbocycles. The zero-order valence-electron chi connectivity index (χ0n) is 14.1. The van der Waals surface area contributed by atoms with Gasteiger partial charge in [0.15, 0.2) is 0 Å². The fourth-order valence-corrected chi connectivity index (χ4v) is 2.22. The Morgan fingerprint density at radius 2 is 1.88 bits per heavy atom. The van der Waals surface area contributed by atoms with Crippen molar-refractivity contribution in [1.82, 2.24) is 9.97 Å². The summed E-state index contributed by atoms with van der Waals surface area (Å²) < 4.78 is 19.1. The minimum atomic E-state index is -0.430. The lowest BCUT2D eigenvalue weighted by Gasteiger charge is -2.08. The van der Waals surface area contributed by atoms with Gasteiger partial charge in [0, 0.05) is 11.9 Å². The molecule has 26 heavy (non-hydrogen) atoms. The number of nitrogens with zero attached hydrogens (tertiary/aromatic N) is 2. The number of anilines is 3. The predicted molar refractivity (Wildman–Crippen MR) is 97.3 cm³/mol. The highest BCUT2D eigenvalue weighted by molar-refractivity contribution is 6.03. The molecule has 1 amide bonds. The van der Waals surface area contributed by atoms with E-state index in [0.717, 1.165) is 5.75 Å². The topological polar surface area (TPSA) is 76.1 Å². The molecule has 0 spiro atoms. The van der Waals surface area contributed by atoms with E-state index in [0.29, 0.717) is 12.3 Å². The van der Waals surface area contributed by atoms with E-state index in [1.165, 1.54) is 18.3 Å². The minimum absolute atomic E-state index is 0.134. The Morgan fingerprint density at radius 1 is 1.12 bits per heavy atom. The number of benzene rings is 2. The van der Waals surface area contributed by atoms with Crippen molar-refractivity contribution in [2.45, 2.75) is 6.92 Å². The van der Waals surface area contributed by atoms with Gasteiger partial charge in [-0.1, -0.05) is 12.1 Å².